The highest BCUT2D eigenvalue weighted by molar-refractivity contribution is 5.95. The predicted molar refractivity (Wildman–Crippen MR) is 67.1 cm³/mol. The fourth-order valence-corrected chi connectivity index (χ4v) is 2.99. The highest BCUT2D eigenvalue weighted by Crippen LogP contribution is 2.42. The molecule has 0 aliphatic heterocycles. The number of Topliss-reactive ketones (excluding diaryl/α,β-unsaturated/α-hetero) is 1. The minimum atomic E-state index is -2.30. The largest absolute Gasteiger partial charge is 0.295 e. The number of ketones is 1. The van der Waals surface area contributed by atoms with E-state index in [1.807, 2.05) is 12.1 Å². The minimum Gasteiger partial charge on any atom is -0.295 e. The molecule has 98 valence electrons. The molecule has 0 radical (unpaired) electrons. The maximum absolute atomic E-state index is 13.1. The molecule has 1 nitrogen and oxygen atoms in total. The van der Waals surface area contributed by atoms with E-state index < -0.39 is 12.3 Å². The second kappa shape index (κ2) is 5.59. The molecule has 3 heteroatoms. The Morgan fingerprint density at radius 1 is 1.22 bits per heavy atom. The Bertz CT molecular complexity index is 428. The Hall–Kier alpha value is -1.25. The standard InChI is InChI=1S/C15H18F2O/c1-10(18)11-6-2-3-7-12(11)13-8-4-5-9-14(13)15(16)17/h2-3,6-7,13-15H,4-5,8-9H2,1H3. The highest BCUT2D eigenvalue weighted by Gasteiger charge is 2.34. The maximum atomic E-state index is 13.1. The summed E-state index contributed by atoms with van der Waals surface area (Å²) in [5, 5.41) is 0. The molecule has 0 aromatic heterocycles. The van der Waals surface area contributed by atoms with Gasteiger partial charge in [-0.15, -0.1) is 0 Å². The molecule has 0 saturated heterocycles. The summed E-state index contributed by atoms with van der Waals surface area (Å²) in [5.41, 5.74) is 1.42. The molecule has 18 heavy (non-hydrogen) atoms. The number of halogens is 2. The Morgan fingerprint density at radius 2 is 1.89 bits per heavy atom. The lowest BCUT2D eigenvalue weighted by molar-refractivity contribution is 0.0427. The van der Waals surface area contributed by atoms with Crippen LogP contribution in [0.15, 0.2) is 24.3 Å². The molecule has 1 aromatic carbocycles. The molecule has 1 aliphatic carbocycles. The number of carbonyl (C=O) groups excluding carboxylic acids is 1. The van der Waals surface area contributed by atoms with E-state index in [1.165, 1.54) is 6.92 Å². The number of rotatable bonds is 3. The number of hydrogen-bond acceptors (Lipinski definition) is 1. The molecule has 0 N–H and O–H groups in total. The van der Waals surface area contributed by atoms with Crippen LogP contribution in [0.25, 0.3) is 0 Å². The van der Waals surface area contributed by atoms with Crippen molar-refractivity contribution in [3.63, 3.8) is 0 Å². The molecule has 0 heterocycles. The van der Waals surface area contributed by atoms with E-state index >= 15 is 0 Å². The van der Waals surface area contributed by atoms with Gasteiger partial charge < -0.3 is 0 Å². The zero-order valence-corrected chi connectivity index (χ0v) is 10.5. The van der Waals surface area contributed by atoms with Crippen molar-refractivity contribution in [2.24, 2.45) is 5.92 Å². The van der Waals surface area contributed by atoms with Gasteiger partial charge in [0, 0.05) is 11.5 Å². The average molecular weight is 252 g/mol. The molecule has 1 saturated carbocycles. The Balaban J connectivity index is 2.36. The normalized spacial score (nSPS) is 24.2. The van der Waals surface area contributed by atoms with Crippen LogP contribution in [0.2, 0.25) is 0 Å². The molecule has 2 rings (SSSR count). The third-order valence-electron chi connectivity index (χ3n) is 3.88. The van der Waals surface area contributed by atoms with Gasteiger partial charge in [-0.1, -0.05) is 37.1 Å². The van der Waals surface area contributed by atoms with Gasteiger partial charge in [0.25, 0.3) is 0 Å². The number of benzene rings is 1. The van der Waals surface area contributed by atoms with Crippen LogP contribution in [0, 0.1) is 5.92 Å². The molecule has 1 aliphatic rings. The van der Waals surface area contributed by atoms with Crippen LogP contribution in [0.3, 0.4) is 0 Å². The van der Waals surface area contributed by atoms with Gasteiger partial charge in [0.2, 0.25) is 6.43 Å². The van der Waals surface area contributed by atoms with E-state index in [9.17, 15) is 13.6 Å². The zero-order chi connectivity index (χ0) is 13.1. The lowest BCUT2D eigenvalue weighted by Gasteiger charge is -2.32. The molecule has 0 spiro atoms. The topological polar surface area (TPSA) is 17.1 Å². The van der Waals surface area contributed by atoms with Crippen molar-refractivity contribution in [2.45, 2.75) is 45.0 Å². The van der Waals surface area contributed by atoms with E-state index in [2.05, 4.69) is 0 Å². The maximum Gasteiger partial charge on any atom is 0.242 e. The average Bonchev–Trinajstić information content (AvgIpc) is 2.38. The highest BCUT2D eigenvalue weighted by atomic mass is 19.3. The van der Waals surface area contributed by atoms with Crippen molar-refractivity contribution in [2.75, 3.05) is 0 Å². The lowest BCUT2D eigenvalue weighted by atomic mass is 9.74. The van der Waals surface area contributed by atoms with E-state index in [0.29, 0.717) is 12.0 Å². The fourth-order valence-electron chi connectivity index (χ4n) is 2.99. The Labute approximate surface area is 106 Å². The van der Waals surface area contributed by atoms with Crippen molar-refractivity contribution in [3.05, 3.63) is 35.4 Å². The van der Waals surface area contributed by atoms with Crippen molar-refractivity contribution in [1.82, 2.24) is 0 Å². The minimum absolute atomic E-state index is 0.0378. The van der Waals surface area contributed by atoms with Gasteiger partial charge >= 0.3 is 0 Å². The first-order chi connectivity index (χ1) is 8.61. The molecular formula is C15H18F2O. The van der Waals surface area contributed by atoms with E-state index in [1.54, 1.807) is 12.1 Å². The van der Waals surface area contributed by atoms with Gasteiger partial charge in [-0.3, -0.25) is 4.79 Å². The summed E-state index contributed by atoms with van der Waals surface area (Å²) in [6.07, 6.45) is 0.872. The second-order valence-electron chi connectivity index (χ2n) is 5.03. The summed E-state index contributed by atoms with van der Waals surface area (Å²) in [6, 6.07) is 7.20. The molecule has 1 aromatic rings. The molecule has 2 atom stereocenters. The predicted octanol–water partition coefficient (Wildman–Crippen LogP) is 4.43. The van der Waals surface area contributed by atoms with Crippen LogP contribution in [0.1, 0.15) is 54.4 Å². The molecular weight excluding hydrogens is 234 g/mol. The van der Waals surface area contributed by atoms with Crippen molar-refractivity contribution in [1.29, 1.82) is 0 Å². The van der Waals surface area contributed by atoms with E-state index in [4.69, 9.17) is 0 Å². The summed E-state index contributed by atoms with van der Waals surface area (Å²) in [7, 11) is 0. The quantitative estimate of drug-likeness (QED) is 0.727. The van der Waals surface area contributed by atoms with E-state index in [-0.39, 0.29) is 11.7 Å². The first kappa shape index (κ1) is 13.2. The Kier molecular flexibility index (Phi) is 4.10. The first-order valence-electron chi connectivity index (χ1n) is 6.49. The third-order valence-corrected chi connectivity index (χ3v) is 3.88. The summed E-state index contributed by atoms with van der Waals surface area (Å²) in [5.74, 6) is -0.803. The van der Waals surface area contributed by atoms with Gasteiger partial charge in [-0.05, 0) is 31.2 Å². The monoisotopic (exact) mass is 252 g/mol. The third kappa shape index (κ3) is 2.60. The summed E-state index contributed by atoms with van der Waals surface area (Å²) in [6.45, 7) is 1.50. The van der Waals surface area contributed by atoms with Crippen LogP contribution >= 0.6 is 0 Å². The van der Waals surface area contributed by atoms with Crippen LogP contribution in [0.4, 0.5) is 8.78 Å². The zero-order valence-electron chi connectivity index (χ0n) is 10.5. The van der Waals surface area contributed by atoms with Crippen LogP contribution in [-0.4, -0.2) is 12.2 Å². The lowest BCUT2D eigenvalue weighted by Crippen LogP contribution is -2.25. The molecule has 2 unspecified atom stereocenters. The Morgan fingerprint density at radius 3 is 2.56 bits per heavy atom. The number of carbonyl (C=O) groups is 1. The van der Waals surface area contributed by atoms with Crippen LogP contribution in [-0.2, 0) is 0 Å². The van der Waals surface area contributed by atoms with Gasteiger partial charge in [0.05, 0.1) is 0 Å². The number of alkyl halides is 2. The summed E-state index contributed by atoms with van der Waals surface area (Å²) in [4.78, 5) is 11.6. The van der Waals surface area contributed by atoms with Crippen molar-refractivity contribution >= 4 is 5.78 Å². The number of hydrogen-bond donors (Lipinski definition) is 0. The van der Waals surface area contributed by atoms with Gasteiger partial charge in [-0.25, -0.2) is 8.78 Å². The van der Waals surface area contributed by atoms with Crippen LogP contribution < -0.4 is 0 Å². The molecule has 0 bridgehead atoms. The van der Waals surface area contributed by atoms with Crippen molar-refractivity contribution in [3.8, 4) is 0 Å². The summed E-state index contributed by atoms with van der Waals surface area (Å²) >= 11 is 0. The second-order valence-corrected chi connectivity index (χ2v) is 5.03. The SMILES string of the molecule is CC(=O)c1ccccc1C1CCCCC1C(F)F. The van der Waals surface area contributed by atoms with Gasteiger partial charge in [0.15, 0.2) is 5.78 Å². The van der Waals surface area contributed by atoms with Gasteiger partial charge in [-0.2, -0.15) is 0 Å². The van der Waals surface area contributed by atoms with Crippen LogP contribution in [0.5, 0.6) is 0 Å². The molecule has 1 fully saturated rings. The van der Waals surface area contributed by atoms with Gasteiger partial charge in [0.1, 0.15) is 0 Å². The smallest absolute Gasteiger partial charge is 0.242 e. The van der Waals surface area contributed by atoms with E-state index in [0.717, 1.165) is 24.8 Å². The summed E-state index contributed by atoms with van der Waals surface area (Å²) < 4.78 is 26.2. The first-order valence-corrected chi connectivity index (χ1v) is 6.49. The fraction of sp³-hybridized carbons (Fsp3) is 0.533. The van der Waals surface area contributed by atoms with Crippen molar-refractivity contribution < 1.29 is 13.6 Å². The molecule has 0 amide bonds.